The first kappa shape index (κ1) is 20.2. The Morgan fingerprint density at radius 2 is 1.69 bits per heavy atom. The summed E-state index contributed by atoms with van der Waals surface area (Å²) in [7, 11) is 0. The second-order valence-electron chi connectivity index (χ2n) is 5.72. The van der Waals surface area contributed by atoms with Crippen LogP contribution in [-0.4, -0.2) is 52.5 Å². The number of likely N-dealkylation sites (tertiary alicyclic amines) is 1. The van der Waals surface area contributed by atoms with E-state index in [0.29, 0.717) is 15.7 Å². The first-order chi connectivity index (χ1) is 12.4. The molecule has 1 aromatic carbocycles. The van der Waals surface area contributed by atoms with Gasteiger partial charge >= 0.3 is 5.97 Å². The third-order valence-corrected chi connectivity index (χ3v) is 5.03. The molecule has 1 aliphatic rings. The fourth-order valence-corrected chi connectivity index (χ4v) is 3.39. The molecule has 0 radical (unpaired) electrons. The lowest BCUT2D eigenvalue weighted by atomic mass is 10.2. The Morgan fingerprint density at radius 1 is 1.12 bits per heavy atom. The smallest absolute Gasteiger partial charge is 0.316 e. The summed E-state index contributed by atoms with van der Waals surface area (Å²) in [6.07, 6.45) is 2.24. The molecule has 1 saturated heterocycles. The lowest BCUT2D eigenvalue weighted by Crippen LogP contribution is -2.25. The SMILES string of the molecule is CC(=O)Nc1ccc(NC(=O)COC(=O)CSC(=S)N2CCCC2)cc1. The molecule has 140 valence electrons. The number of carbonyl (C=O) groups is 3. The van der Waals surface area contributed by atoms with Crippen molar-refractivity contribution in [3.05, 3.63) is 24.3 Å². The number of benzene rings is 1. The Hall–Kier alpha value is -2.13. The molecule has 9 heteroatoms. The van der Waals surface area contributed by atoms with Crippen LogP contribution in [0.2, 0.25) is 0 Å². The van der Waals surface area contributed by atoms with Crippen molar-refractivity contribution in [3.63, 3.8) is 0 Å². The number of hydrogen-bond donors (Lipinski definition) is 2. The fraction of sp³-hybridized carbons (Fsp3) is 0.412. The topological polar surface area (TPSA) is 87.7 Å². The molecule has 2 amide bonds. The molecule has 0 atom stereocenters. The molecule has 0 unspecified atom stereocenters. The highest BCUT2D eigenvalue weighted by atomic mass is 32.2. The zero-order valence-corrected chi connectivity index (χ0v) is 16.1. The van der Waals surface area contributed by atoms with Crippen LogP contribution in [0.4, 0.5) is 11.4 Å². The van der Waals surface area contributed by atoms with Crippen LogP contribution in [0.15, 0.2) is 24.3 Å². The Balaban J connectivity index is 1.66. The molecule has 1 aliphatic heterocycles. The van der Waals surface area contributed by atoms with E-state index in [0.717, 1.165) is 25.9 Å². The van der Waals surface area contributed by atoms with Gasteiger partial charge in [0.25, 0.3) is 5.91 Å². The molecule has 2 N–H and O–H groups in total. The maximum atomic E-state index is 11.8. The van der Waals surface area contributed by atoms with Gasteiger partial charge in [0, 0.05) is 31.4 Å². The minimum atomic E-state index is -0.479. The Kier molecular flexibility index (Phi) is 7.86. The van der Waals surface area contributed by atoms with E-state index in [1.54, 1.807) is 24.3 Å². The van der Waals surface area contributed by atoms with E-state index in [1.165, 1.54) is 18.7 Å². The first-order valence-electron chi connectivity index (χ1n) is 8.19. The second-order valence-corrected chi connectivity index (χ2v) is 7.33. The summed E-state index contributed by atoms with van der Waals surface area (Å²) in [5, 5.41) is 5.25. The molecule has 7 nitrogen and oxygen atoms in total. The lowest BCUT2D eigenvalue weighted by molar-refractivity contribution is -0.144. The fourth-order valence-electron chi connectivity index (χ4n) is 2.34. The maximum absolute atomic E-state index is 11.8. The van der Waals surface area contributed by atoms with Gasteiger partial charge in [-0.15, -0.1) is 0 Å². The minimum absolute atomic E-state index is 0.0913. The number of anilines is 2. The van der Waals surface area contributed by atoms with Crippen LogP contribution in [0.3, 0.4) is 0 Å². The minimum Gasteiger partial charge on any atom is -0.455 e. The van der Waals surface area contributed by atoms with Crippen LogP contribution in [0.25, 0.3) is 0 Å². The number of amides is 2. The third-order valence-electron chi connectivity index (χ3n) is 3.53. The average Bonchev–Trinajstić information content (AvgIpc) is 3.14. The molecule has 0 spiro atoms. The Morgan fingerprint density at radius 3 is 2.27 bits per heavy atom. The van der Waals surface area contributed by atoms with E-state index < -0.39 is 11.9 Å². The van der Waals surface area contributed by atoms with Crippen molar-refractivity contribution in [2.24, 2.45) is 0 Å². The number of ether oxygens (including phenoxy) is 1. The number of rotatable bonds is 6. The van der Waals surface area contributed by atoms with E-state index in [-0.39, 0.29) is 18.3 Å². The largest absolute Gasteiger partial charge is 0.455 e. The predicted octanol–water partition coefficient (Wildman–Crippen LogP) is 2.24. The summed E-state index contributed by atoms with van der Waals surface area (Å²) in [6, 6.07) is 6.63. The van der Waals surface area contributed by atoms with Crippen molar-refractivity contribution in [3.8, 4) is 0 Å². The van der Waals surface area contributed by atoms with Crippen molar-refractivity contribution in [2.75, 3.05) is 36.1 Å². The summed E-state index contributed by atoms with van der Waals surface area (Å²) in [5.74, 6) is -0.991. The summed E-state index contributed by atoms with van der Waals surface area (Å²) in [4.78, 5) is 36.6. The van der Waals surface area contributed by atoms with Crippen molar-refractivity contribution in [1.82, 2.24) is 4.90 Å². The highest BCUT2D eigenvalue weighted by molar-refractivity contribution is 8.23. The first-order valence-corrected chi connectivity index (χ1v) is 9.58. The highest BCUT2D eigenvalue weighted by Crippen LogP contribution is 2.16. The number of hydrogen-bond acceptors (Lipinski definition) is 6. The van der Waals surface area contributed by atoms with Crippen LogP contribution < -0.4 is 10.6 Å². The van der Waals surface area contributed by atoms with Crippen LogP contribution in [0, 0.1) is 0 Å². The van der Waals surface area contributed by atoms with E-state index in [1.807, 2.05) is 0 Å². The van der Waals surface area contributed by atoms with Crippen LogP contribution in [0.1, 0.15) is 19.8 Å². The molecule has 2 rings (SSSR count). The molecule has 0 saturated carbocycles. The van der Waals surface area contributed by atoms with Crippen LogP contribution >= 0.6 is 24.0 Å². The zero-order chi connectivity index (χ0) is 18.9. The zero-order valence-electron chi connectivity index (χ0n) is 14.4. The van der Waals surface area contributed by atoms with Crippen LogP contribution in [0.5, 0.6) is 0 Å². The van der Waals surface area contributed by atoms with Gasteiger partial charge in [0.05, 0.1) is 5.75 Å². The van der Waals surface area contributed by atoms with Crippen molar-refractivity contribution in [1.29, 1.82) is 0 Å². The lowest BCUT2D eigenvalue weighted by Gasteiger charge is -2.17. The molecule has 26 heavy (non-hydrogen) atoms. The number of nitrogens with zero attached hydrogens (tertiary/aromatic N) is 1. The molecule has 1 fully saturated rings. The monoisotopic (exact) mass is 395 g/mol. The molecule has 1 aromatic rings. The number of thioether (sulfide) groups is 1. The Labute approximate surface area is 161 Å². The second kappa shape index (κ2) is 10.1. The average molecular weight is 396 g/mol. The normalized spacial score (nSPS) is 13.2. The number of thiocarbonyl (C=S) groups is 1. The van der Waals surface area contributed by atoms with E-state index in [2.05, 4.69) is 15.5 Å². The Bertz CT molecular complexity index is 673. The summed E-state index contributed by atoms with van der Waals surface area (Å²) < 4.78 is 5.66. The molecular weight excluding hydrogens is 374 g/mol. The third kappa shape index (κ3) is 7.01. The van der Waals surface area contributed by atoms with Gasteiger partial charge in [-0.25, -0.2) is 0 Å². The molecule has 0 bridgehead atoms. The van der Waals surface area contributed by atoms with Crippen molar-refractivity contribution >= 4 is 57.5 Å². The molecule has 0 aromatic heterocycles. The predicted molar refractivity (Wildman–Crippen MR) is 106 cm³/mol. The van der Waals surface area contributed by atoms with Crippen molar-refractivity contribution in [2.45, 2.75) is 19.8 Å². The maximum Gasteiger partial charge on any atom is 0.316 e. The summed E-state index contributed by atoms with van der Waals surface area (Å²) >= 11 is 6.53. The standard InChI is InChI=1S/C17H21N3O4S2/c1-12(21)18-13-4-6-14(7-5-13)19-15(22)10-24-16(23)11-26-17(25)20-8-2-3-9-20/h4-7H,2-3,8-11H2,1H3,(H,18,21)(H,19,22). The van der Waals surface area contributed by atoms with E-state index in [9.17, 15) is 14.4 Å². The van der Waals surface area contributed by atoms with Gasteiger partial charge < -0.3 is 20.3 Å². The number of carbonyl (C=O) groups excluding carboxylic acids is 3. The quantitative estimate of drug-likeness (QED) is 0.564. The molecular formula is C17H21N3O4S2. The van der Waals surface area contributed by atoms with Gasteiger partial charge in [-0.05, 0) is 37.1 Å². The van der Waals surface area contributed by atoms with E-state index >= 15 is 0 Å². The molecule has 1 heterocycles. The van der Waals surface area contributed by atoms with Crippen molar-refractivity contribution < 1.29 is 19.1 Å². The summed E-state index contributed by atoms with van der Waals surface area (Å²) in [6.45, 7) is 2.93. The van der Waals surface area contributed by atoms with Gasteiger partial charge in [0.15, 0.2) is 6.61 Å². The number of esters is 1. The van der Waals surface area contributed by atoms with Gasteiger partial charge in [-0.1, -0.05) is 24.0 Å². The number of nitrogens with one attached hydrogen (secondary N) is 2. The van der Waals surface area contributed by atoms with Crippen LogP contribution in [-0.2, 0) is 19.1 Å². The summed E-state index contributed by atoms with van der Waals surface area (Å²) in [5.41, 5.74) is 1.18. The van der Waals surface area contributed by atoms with Gasteiger partial charge in [-0.3, -0.25) is 14.4 Å². The van der Waals surface area contributed by atoms with E-state index in [4.69, 9.17) is 17.0 Å². The molecule has 0 aliphatic carbocycles. The van der Waals surface area contributed by atoms with Gasteiger partial charge in [0.2, 0.25) is 5.91 Å². The van der Waals surface area contributed by atoms with Gasteiger partial charge in [-0.2, -0.15) is 0 Å². The van der Waals surface area contributed by atoms with Gasteiger partial charge in [0.1, 0.15) is 4.32 Å². The highest BCUT2D eigenvalue weighted by Gasteiger charge is 2.17.